The maximum atomic E-state index is 11.0. The quantitative estimate of drug-likeness (QED) is 0.203. The summed E-state index contributed by atoms with van der Waals surface area (Å²) >= 11 is 0. The Hall–Kier alpha value is -1.45. The molecule has 2 aromatic rings. The molecule has 2 N–H and O–H groups in total. The molecule has 4 nitrogen and oxygen atoms in total. The minimum atomic E-state index is -4.38. The van der Waals surface area contributed by atoms with Gasteiger partial charge in [-0.15, -0.1) is 0 Å². The summed E-state index contributed by atoms with van der Waals surface area (Å²) in [6.45, 7) is 28.2. The second-order valence-corrected chi connectivity index (χ2v) is 17.2. The number of hydrogen-bond donors (Lipinski definition) is 2. The first kappa shape index (κ1) is 35.7. The lowest BCUT2D eigenvalue weighted by molar-refractivity contribution is 0.193. The second-order valence-electron chi connectivity index (χ2n) is 16.0. The Bertz CT molecular complexity index is 1040. The summed E-state index contributed by atoms with van der Waals surface area (Å²) in [6, 6.07) is 13.9. The average molecular weight is 587 g/mol. The van der Waals surface area contributed by atoms with Gasteiger partial charge in [-0.3, -0.25) is 4.52 Å². The molecule has 0 spiro atoms. The van der Waals surface area contributed by atoms with Gasteiger partial charge in [0.15, 0.2) is 0 Å². The second kappa shape index (κ2) is 13.5. The van der Waals surface area contributed by atoms with Gasteiger partial charge in [0.2, 0.25) is 0 Å². The van der Waals surface area contributed by atoms with E-state index in [0.717, 1.165) is 32.1 Å². The Labute approximate surface area is 251 Å². The van der Waals surface area contributed by atoms with Gasteiger partial charge < -0.3 is 9.79 Å². The van der Waals surface area contributed by atoms with E-state index in [1.54, 1.807) is 0 Å². The van der Waals surface area contributed by atoms with Gasteiger partial charge in [-0.2, -0.15) is 0 Å². The summed E-state index contributed by atoms with van der Waals surface area (Å²) in [7, 11) is -4.38. The lowest BCUT2D eigenvalue weighted by Gasteiger charge is -2.39. The SMILES string of the molecule is CC(C)(C)c1cccc(C(C)(C)C)c1C(CCCCCCCOP(=O)(O)O)c1c(C(C)(C)C)cccc1C(C)(C)C. The molecule has 0 atom stereocenters. The number of hydrogen-bond acceptors (Lipinski definition) is 2. The van der Waals surface area contributed by atoms with Crippen molar-refractivity contribution in [3.63, 3.8) is 0 Å². The van der Waals surface area contributed by atoms with Gasteiger partial charge in [0.1, 0.15) is 0 Å². The van der Waals surface area contributed by atoms with Gasteiger partial charge in [0, 0.05) is 5.92 Å². The fourth-order valence-electron chi connectivity index (χ4n) is 6.09. The Kier molecular flexibility index (Phi) is 11.7. The molecular formula is C36H59O4P. The van der Waals surface area contributed by atoms with E-state index in [1.807, 2.05) is 0 Å². The first-order chi connectivity index (χ1) is 18.5. The molecule has 0 bridgehead atoms. The van der Waals surface area contributed by atoms with Crippen LogP contribution in [0.25, 0.3) is 0 Å². The molecule has 0 aliphatic rings. The Morgan fingerprint density at radius 3 is 1.22 bits per heavy atom. The summed E-state index contributed by atoms with van der Waals surface area (Å²) < 4.78 is 15.6. The molecule has 41 heavy (non-hydrogen) atoms. The standard InChI is InChI=1S/C36H59O4P/c1-33(2,3)27-21-18-22-28(34(4,5)6)31(27)26(20-16-14-13-15-17-25-40-41(37,38)39)32-29(35(7,8)9)23-19-24-30(32)36(10,11)12/h18-19,21-24,26H,13-17,20,25H2,1-12H3,(H2,37,38,39). The van der Waals surface area contributed by atoms with E-state index in [9.17, 15) is 4.57 Å². The lowest BCUT2D eigenvalue weighted by atomic mass is 9.65. The van der Waals surface area contributed by atoms with Gasteiger partial charge in [-0.25, -0.2) is 4.57 Å². The number of phosphoric ester groups is 1. The highest BCUT2D eigenvalue weighted by atomic mass is 31.2. The van der Waals surface area contributed by atoms with Crippen LogP contribution in [0.4, 0.5) is 0 Å². The monoisotopic (exact) mass is 586 g/mol. The van der Waals surface area contributed by atoms with Crippen LogP contribution < -0.4 is 0 Å². The van der Waals surface area contributed by atoms with Gasteiger partial charge in [0.05, 0.1) is 6.61 Å². The van der Waals surface area contributed by atoms with E-state index in [4.69, 9.17) is 9.79 Å². The molecule has 5 heteroatoms. The molecule has 0 saturated carbocycles. The molecule has 0 heterocycles. The predicted octanol–water partition coefficient (Wildman–Crippen LogP) is 10.5. The van der Waals surface area contributed by atoms with Crippen LogP contribution in [0.3, 0.4) is 0 Å². The minimum absolute atomic E-state index is 0.00621. The number of phosphoric acid groups is 1. The highest BCUT2D eigenvalue weighted by Gasteiger charge is 2.35. The maximum absolute atomic E-state index is 11.0. The Morgan fingerprint density at radius 2 is 0.902 bits per heavy atom. The molecule has 0 aromatic heterocycles. The van der Waals surface area contributed by atoms with Crippen molar-refractivity contribution in [2.75, 3.05) is 6.61 Å². The largest absolute Gasteiger partial charge is 0.469 e. The normalized spacial score (nSPS) is 13.7. The van der Waals surface area contributed by atoms with Crippen LogP contribution in [0.5, 0.6) is 0 Å². The van der Waals surface area contributed by atoms with Gasteiger partial charge in [-0.05, 0) is 67.9 Å². The molecule has 0 fully saturated rings. The van der Waals surface area contributed by atoms with E-state index in [-0.39, 0.29) is 34.2 Å². The summed E-state index contributed by atoms with van der Waals surface area (Å²) in [5.74, 6) is 0.266. The fourth-order valence-corrected chi connectivity index (χ4v) is 6.46. The molecule has 0 unspecified atom stereocenters. The van der Waals surface area contributed by atoms with Gasteiger partial charge >= 0.3 is 7.82 Å². The van der Waals surface area contributed by atoms with Crippen LogP contribution in [0, 0.1) is 0 Å². The molecule has 0 saturated heterocycles. The molecular weight excluding hydrogens is 527 g/mol. The van der Waals surface area contributed by atoms with Gasteiger partial charge in [0.25, 0.3) is 0 Å². The molecule has 0 amide bonds. The van der Waals surface area contributed by atoms with Crippen LogP contribution in [0.1, 0.15) is 161 Å². The van der Waals surface area contributed by atoms with Crippen LogP contribution in [0.2, 0.25) is 0 Å². The number of rotatable bonds is 11. The number of unbranched alkanes of at least 4 members (excludes halogenated alkanes) is 4. The lowest BCUT2D eigenvalue weighted by Crippen LogP contribution is -2.27. The van der Waals surface area contributed by atoms with Crippen LogP contribution in [-0.4, -0.2) is 16.4 Å². The van der Waals surface area contributed by atoms with Crippen LogP contribution in [0.15, 0.2) is 36.4 Å². The predicted molar refractivity (Wildman–Crippen MR) is 175 cm³/mol. The summed E-state index contributed by atoms with van der Waals surface area (Å²) in [5, 5.41) is 0. The zero-order chi connectivity index (χ0) is 31.4. The van der Waals surface area contributed by atoms with Crippen molar-refractivity contribution < 1.29 is 18.9 Å². The molecule has 0 aliphatic heterocycles. The molecule has 2 rings (SSSR count). The summed E-state index contributed by atoms with van der Waals surface area (Å²) in [4.78, 5) is 17.9. The van der Waals surface area contributed by atoms with Crippen molar-refractivity contribution in [2.24, 2.45) is 0 Å². The van der Waals surface area contributed by atoms with Crippen molar-refractivity contribution in [3.05, 3.63) is 69.8 Å². The maximum Gasteiger partial charge on any atom is 0.469 e. The third-order valence-electron chi connectivity index (χ3n) is 8.04. The third-order valence-corrected chi connectivity index (χ3v) is 8.56. The molecule has 0 aliphatic carbocycles. The van der Waals surface area contributed by atoms with Crippen LogP contribution >= 0.6 is 7.82 Å². The third kappa shape index (κ3) is 10.3. The van der Waals surface area contributed by atoms with Gasteiger partial charge in [-0.1, -0.05) is 145 Å². The van der Waals surface area contributed by atoms with Crippen molar-refractivity contribution in [1.29, 1.82) is 0 Å². The topological polar surface area (TPSA) is 66.8 Å². The number of benzene rings is 2. The highest BCUT2D eigenvalue weighted by Crippen LogP contribution is 2.48. The molecule has 0 radical (unpaired) electrons. The van der Waals surface area contributed by atoms with Crippen molar-refractivity contribution in [1.82, 2.24) is 0 Å². The smallest absolute Gasteiger partial charge is 0.303 e. The Morgan fingerprint density at radius 1 is 0.585 bits per heavy atom. The van der Waals surface area contributed by atoms with Crippen molar-refractivity contribution in [2.45, 2.75) is 149 Å². The van der Waals surface area contributed by atoms with E-state index < -0.39 is 7.82 Å². The summed E-state index contributed by atoms with van der Waals surface area (Å²) in [5.41, 5.74) is 8.79. The van der Waals surface area contributed by atoms with Crippen molar-refractivity contribution >= 4 is 7.82 Å². The van der Waals surface area contributed by atoms with E-state index in [2.05, 4.69) is 124 Å². The molecule has 2 aromatic carbocycles. The highest BCUT2D eigenvalue weighted by molar-refractivity contribution is 7.46. The first-order valence-electron chi connectivity index (χ1n) is 15.5. The first-order valence-corrected chi connectivity index (χ1v) is 17.1. The van der Waals surface area contributed by atoms with E-state index in [0.29, 0.717) is 6.42 Å². The molecule has 232 valence electrons. The Balaban J connectivity index is 2.67. The van der Waals surface area contributed by atoms with E-state index in [1.165, 1.54) is 33.4 Å². The zero-order valence-corrected chi connectivity index (χ0v) is 29.0. The van der Waals surface area contributed by atoms with E-state index >= 15 is 0 Å². The van der Waals surface area contributed by atoms with Crippen molar-refractivity contribution in [3.8, 4) is 0 Å². The van der Waals surface area contributed by atoms with Crippen LogP contribution in [-0.2, 0) is 30.7 Å². The average Bonchev–Trinajstić information content (AvgIpc) is 2.79. The minimum Gasteiger partial charge on any atom is -0.303 e. The zero-order valence-electron chi connectivity index (χ0n) is 28.1. The summed E-state index contributed by atoms with van der Waals surface area (Å²) in [6.07, 6.45) is 5.83. The fraction of sp³-hybridized carbons (Fsp3) is 0.667.